The highest BCUT2D eigenvalue weighted by Gasteiger charge is 2.19. The highest BCUT2D eigenvalue weighted by atomic mass is 16.5. The molecule has 4 N–H and O–H groups in total. The molecule has 5 aromatic carbocycles. The third kappa shape index (κ3) is 16.8. The molecule has 10 heteroatoms. The number of nitrogens with two attached hydrogens (primary N) is 1. The summed E-state index contributed by atoms with van der Waals surface area (Å²) < 4.78 is 11.6. The van der Waals surface area contributed by atoms with Crippen LogP contribution < -0.4 is 20.5 Å². The largest absolute Gasteiger partial charge is 0.494 e. The van der Waals surface area contributed by atoms with E-state index in [1.165, 1.54) is 55.0 Å². The number of hydrogen-bond donors (Lipinski definition) is 3. The fraction of sp³-hybridized carbons (Fsp3) is 0.431. The Kier molecular flexibility index (Phi) is 21.8. The first kappa shape index (κ1) is 52.7. The number of rotatable bonds is 29. The van der Waals surface area contributed by atoms with E-state index in [-0.39, 0.29) is 23.3 Å². The van der Waals surface area contributed by atoms with Crippen LogP contribution in [0.1, 0.15) is 178 Å². The number of amides is 1. The van der Waals surface area contributed by atoms with E-state index in [0.717, 1.165) is 127 Å². The van der Waals surface area contributed by atoms with E-state index in [2.05, 4.69) is 86.6 Å². The zero-order valence-electron chi connectivity index (χ0n) is 41.3. The SMILES string of the molecule is CCCCCCc1ccc(N=Nc2ccc(OCCCCCCCCCCC(=O)Oc3cc(C(=O)O)cc(C(=O)Nc4c(CC)cc(Cc5cc(CC)c(N)c(CC)c5)cc4CC)c3)cc2)cc1. The van der Waals surface area contributed by atoms with Gasteiger partial charge >= 0.3 is 11.9 Å². The minimum absolute atomic E-state index is 0.0379. The van der Waals surface area contributed by atoms with Crippen molar-refractivity contribution in [2.75, 3.05) is 17.7 Å². The van der Waals surface area contributed by atoms with Crippen LogP contribution in [0.15, 0.2) is 101 Å². The fourth-order valence-corrected chi connectivity index (χ4v) is 8.55. The second-order valence-corrected chi connectivity index (χ2v) is 17.8. The van der Waals surface area contributed by atoms with Crippen LogP contribution in [0, 0.1) is 0 Å². The molecule has 0 aliphatic rings. The molecule has 0 aliphatic heterocycles. The Bertz CT molecular complexity index is 2380. The third-order valence-electron chi connectivity index (χ3n) is 12.5. The van der Waals surface area contributed by atoms with Gasteiger partial charge in [-0.15, -0.1) is 0 Å². The average molecular weight is 923 g/mol. The fourth-order valence-electron chi connectivity index (χ4n) is 8.55. The molecule has 0 aliphatic carbocycles. The molecule has 10 nitrogen and oxygen atoms in total. The van der Waals surface area contributed by atoms with E-state index in [4.69, 9.17) is 15.2 Å². The van der Waals surface area contributed by atoms with Gasteiger partial charge in [-0.3, -0.25) is 9.59 Å². The molecule has 0 fully saturated rings. The number of aromatic carboxylic acids is 1. The maximum atomic E-state index is 13.8. The number of benzene rings is 5. The molecule has 0 unspecified atom stereocenters. The lowest BCUT2D eigenvalue weighted by Crippen LogP contribution is -2.17. The molecule has 1 amide bonds. The molecule has 362 valence electrons. The highest BCUT2D eigenvalue weighted by molar-refractivity contribution is 6.07. The van der Waals surface area contributed by atoms with Crippen molar-refractivity contribution in [1.82, 2.24) is 0 Å². The van der Waals surface area contributed by atoms with Gasteiger partial charge in [0.25, 0.3) is 5.91 Å². The van der Waals surface area contributed by atoms with E-state index in [1.807, 2.05) is 36.4 Å². The molecule has 0 spiro atoms. The number of nitrogens with one attached hydrogen (secondary N) is 1. The van der Waals surface area contributed by atoms with Crippen LogP contribution in [-0.2, 0) is 43.3 Å². The molecule has 0 atom stereocenters. The number of carbonyl (C=O) groups excluding carboxylic acids is 2. The summed E-state index contributed by atoms with van der Waals surface area (Å²) in [5.41, 5.74) is 17.6. The number of nitrogen functional groups attached to an aromatic ring is 1. The van der Waals surface area contributed by atoms with E-state index in [0.29, 0.717) is 25.9 Å². The smallest absolute Gasteiger partial charge is 0.335 e. The predicted molar refractivity (Wildman–Crippen MR) is 277 cm³/mol. The van der Waals surface area contributed by atoms with Gasteiger partial charge < -0.3 is 25.6 Å². The highest BCUT2D eigenvalue weighted by Crippen LogP contribution is 2.30. The summed E-state index contributed by atoms with van der Waals surface area (Å²) >= 11 is 0. The summed E-state index contributed by atoms with van der Waals surface area (Å²) in [4.78, 5) is 38.7. The lowest BCUT2D eigenvalue weighted by Gasteiger charge is -2.18. The summed E-state index contributed by atoms with van der Waals surface area (Å²) in [6.07, 6.45) is 18.2. The molecular formula is C58H74N4O6. The Labute approximate surface area is 405 Å². The maximum Gasteiger partial charge on any atom is 0.335 e. The number of carboxylic acids is 1. The van der Waals surface area contributed by atoms with Crippen molar-refractivity contribution in [3.63, 3.8) is 0 Å². The van der Waals surface area contributed by atoms with Gasteiger partial charge in [0.2, 0.25) is 0 Å². The van der Waals surface area contributed by atoms with Crippen molar-refractivity contribution >= 4 is 40.6 Å². The zero-order valence-corrected chi connectivity index (χ0v) is 41.3. The van der Waals surface area contributed by atoms with Gasteiger partial charge in [0.05, 0.1) is 23.5 Å². The van der Waals surface area contributed by atoms with Gasteiger partial charge in [0.1, 0.15) is 11.5 Å². The first-order valence-corrected chi connectivity index (χ1v) is 25.2. The zero-order chi connectivity index (χ0) is 48.7. The number of nitrogens with zero attached hydrogens (tertiary/aromatic N) is 2. The average Bonchev–Trinajstić information content (AvgIpc) is 3.35. The van der Waals surface area contributed by atoms with Gasteiger partial charge in [-0.1, -0.05) is 129 Å². The number of anilines is 2. The molecular weight excluding hydrogens is 849 g/mol. The Balaban J connectivity index is 0.998. The predicted octanol–water partition coefficient (Wildman–Crippen LogP) is 15.1. The first-order chi connectivity index (χ1) is 33.0. The topological polar surface area (TPSA) is 153 Å². The van der Waals surface area contributed by atoms with Crippen LogP contribution in [-0.4, -0.2) is 29.6 Å². The summed E-state index contributed by atoms with van der Waals surface area (Å²) in [5.74, 6) is -1.28. The van der Waals surface area contributed by atoms with Crippen LogP contribution in [0.2, 0.25) is 0 Å². The number of unbranched alkanes of at least 4 members (excludes halogenated alkanes) is 10. The number of carbonyl (C=O) groups is 3. The van der Waals surface area contributed by atoms with Crippen LogP contribution in [0.3, 0.4) is 0 Å². The van der Waals surface area contributed by atoms with Crippen molar-refractivity contribution in [2.45, 2.75) is 157 Å². The minimum Gasteiger partial charge on any atom is -0.494 e. The van der Waals surface area contributed by atoms with Gasteiger partial charge in [-0.2, -0.15) is 10.2 Å². The summed E-state index contributed by atoms with van der Waals surface area (Å²) in [6.45, 7) is 11.2. The number of ether oxygens (including phenoxy) is 2. The van der Waals surface area contributed by atoms with Crippen LogP contribution in [0.25, 0.3) is 0 Å². The van der Waals surface area contributed by atoms with E-state index in [1.54, 1.807) is 0 Å². The van der Waals surface area contributed by atoms with Crippen LogP contribution in [0.4, 0.5) is 22.7 Å². The number of carboxylic acid groups (broad SMARTS) is 1. The first-order valence-electron chi connectivity index (χ1n) is 25.2. The van der Waals surface area contributed by atoms with Crippen molar-refractivity contribution in [3.8, 4) is 11.5 Å². The van der Waals surface area contributed by atoms with E-state index >= 15 is 0 Å². The molecule has 5 rings (SSSR count). The number of aryl methyl sites for hydroxylation is 5. The van der Waals surface area contributed by atoms with E-state index in [9.17, 15) is 19.5 Å². The molecule has 0 saturated heterocycles. The number of azo groups is 1. The van der Waals surface area contributed by atoms with Gasteiger partial charge in [0.15, 0.2) is 0 Å². The summed E-state index contributed by atoms with van der Waals surface area (Å²) in [7, 11) is 0. The molecule has 0 radical (unpaired) electrons. The summed E-state index contributed by atoms with van der Waals surface area (Å²) in [5, 5.41) is 21.7. The lowest BCUT2D eigenvalue weighted by molar-refractivity contribution is -0.134. The normalized spacial score (nSPS) is 11.2. The molecule has 0 saturated carbocycles. The van der Waals surface area contributed by atoms with Crippen LogP contribution in [0.5, 0.6) is 11.5 Å². The van der Waals surface area contributed by atoms with Crippen molar-refractivity contribution < 1.29 is 29.0 Å². The standard InChI is InChI=1S/C58H74N4O6/c1-6-11-12-19-22-41-24-26-50(27-25-41)61-62-51-28-30-52(31-29-51)67-32-21-18-16-14-13-15-17-20-23-54(63)68-53-39-48(38-49(40-53)58(65)66)57(64)60-56-46(9-4)36-43(37-47(56)10-5)33-42-34-44(7-2)55(59)45(8-3)35-42/h24-31,34-40H,6-23,32-33,59H2,1-5H3,(H,60,64)(H,65,66). The van der Waals surface area contributed by atoms with Crippen molar-refractivity contribution in [2.24, 2.45) is 10.2 Å². The second kappa shape index (κ2) is 28.1. The molecule has 5 aromatic rings. The van der Waals surface area contributed by atoms with Crippen molar-refractivity contribution in [3.05, 3.63) is 141 Å². The molecule has 68 heavy (non-hydrogen) atoms. The Hall–Kier alpha value is -6.29. The summed E-state index contributed by atoms with van der Waals surface area (Å²) in [6, 6.07) is 28.8. The minimum atomic E-state index is -1.22. The van der Waals surface area contributed by atoms with Gasteiger partial charge in [-0.25, -0.2) is 4.79 Å². The van der Waals surface area contributed by atoms with E-state index < -0.39 is 17.8 Å². The quantitative estimate of drug-likeness (QED) is 0.0142. The Morgan fingerprint density at radius 3 is 1.63 bits per heavy atom. The second-order valence-electron chi connectivity index (χ2n) is 17.8. The van der Waals surface area contributed by atoms with Crippen molar-refractivity contribution in [1.29, 1.82) is 0 Å². The van der Waals surface area contributed by atoms with Gasteiger partial charge in [0, 0.05) is 23.4 Å². The Morgan fingerprint density at radius 2 is 1.07 bits per heavy atom. The Morgan fingerprint density at radius 1 is 0.559 bits per heavy atom. The molecule has 0 bridgehead atoms. The monoisotopic (exact) mass is 923 g/mol. The van der Waals surface area contributed by atoms with Gasteiger partial charge in [-0.05, 0) is 151 Å². The third-order valence-corrected chi connectivity index (χ3v) is 12.5. The maximum absolute atomic E-state index is 13.8. The van der Waals surface area contributed by atoms with Crippen LogP contribution >= 0.6 is 0 Å². The number of hydrogen-bond acceptors (Lipinski definition) is 8. The number of esters is 1. The lowest BCUT2D eigenvalue weighted by atomic mass is 9.92. The molecule has 0 aromatic heterocycles. The molecule has 0 heterocycles.